The minimum absolute atomic E-state index is 0.00721. The third-order valence-electron chi connectivity index (χ3n) is 3.14. The summed E-state index contributed by atoms with van der Waals surface area (Å²) in [5.74, 6) is -0.772. The summed E-state index contributed by atoms with van der Waals surface area (Å²) in [5, 5.41) is 0.541. The number of anilines is 1. The number of amides is 1. The van der Waals surface area contributed by atoms with Gasteiger partial charge in [0.15, 0.2) is 0 Å². The van der Waals surface area contributed by atoms with Crippen LogP contribution in [0.15, 0.2) is 12.1 Å². The number of nitrogens with zero attached hydrogens (tertiary/aromatic N) is 1. The SMILES string of the molecule is COC(=O)C(C)N(C(=O)CS)c1c(C)ccc(Cl)c1C. The van der Waals surface area contributed by atoms with Gasteiger partial charge in [0.25, 0.3) is 0 Å². The van der Waals surface area contributed by atoms with Gasteiger partial charge in [0.2, 0.25) is 5.91 Å². The molecule has 6 heteroatoms. The third kappa shape index (κ3) is 3.27. The highest BCUT2D eigenvalue weighted by Crippen LogP contribution is 2.32. The van der Waals surface area contributed by atoms with Crippen LogP contribution in [0, 0.1) is 13.8 Å². The molecule has 0 saturated heterocycles. The van der Waals surface area contributed by atoms with Gasteiger partial charge in [-0.2, -0.15) is 12.6 Å². The lowest BCUT2D eigenvalue weighted by atomic mass is 10.1. The average Bonchev–Trinajstić information content (AvgIpc) is 2.45. The van der Waals surface area contributed by atoms with E-state index in [9.17, 15) is 9.59 Å². The van der Waals surface area contributed by atoms with E-state index in [-0.39, 0.29) is 11.7 Å². The van der Waals surface area contributed by atoms with Crippen LogP contribution in [0.3, 0.4) is 0 Å². The molecule has 0 radical (unpaired) electrons. The van der Waals surface area contributed by atoms with Crippen LogP contribution in [-0.2, 0) is 14.3 Å². The van der Waals surface area contributed by atoms with Crippen molar-refractivity contribution in [3.05, 3.63) is 28.3 Å². The largest absolute Gasteiger partial charge is 0.467 e. The summed E-state index contributed by atoms with van der Waals surface area (Å²) in [6.07, 6.45) is 0. The summed E-state index contributed by atoms with van der Waals surface area (Å²) >= 11 is 10.1. The first-order chi connectivity index (χ1) is 9.34. The van der Waals surface area contributed by atoms with E-state index >= 15 is 0 Å². The molecule has 0 saturated carbocycles. The van der Waals surface area contributed by atoms with Gasteiger partial charge >= 0.3 is 5.97 Å². The molecule has 0 N–H and O–H groups in total. The van der Waals surface area contributed by atoms with Crippen molar-refractivity contribution in [3.8, 4) is 0 Å². The van der Waals surface area contributed by atoms with E-state index in [2.05, 4.69) is 12.6 Å². The number of carbonyl (C=O) groups is 2. The Morgan fingerprint density at radius 3 is 2.50 bits per heavy atom. The van der Waals surface area contributed by atoms with Crippen LogP contribution < -0.4 is 4.90 Å². The fourth-order valence-electron chi connectivity index (χ4n) is 2.07. The predicted octanol–water partition coefficient (Wildman–Crippen LogP) is 2.78. The Labute approximate surface area is 129 Å². The molecule has 1 aromatic rings. The van der Waals surface area contributed by atoms with E-state index in [1.807, 2.05) is 19.9 Å². The highest BCUT2D eigenvalue weighted by Gasteiger charge is 2.29. The molecule has 1 atom stereocenters. The van der Waals surface area contributed by atoms with E-state index in [0.717, 1.165) is 11.1 Å². The maximum absolute atomic E-state index is 12.2. The maximum Gasteiger partial charge on any atom is 0.328 e. The smallest absolute Gasteiger partial charge is 0.328 e. The second kappa shape index (κ2) is 6.99. The molecular weight excluding hydrogens is 298 g/mol. The fraction of sp³-hybridized carbons (Fsp3) is 0.429. The van der Waals surface area contributed by atoms with Crippen LogP contribution in [0.5, 0.6) is 0 Å². The molecule has 0 bridgehead atoms. The first-order valence-corrected chi connectivity index (χ1v) is 7.12. The molecular formula is C14H18ClNO3S. The van der Waals surface area contributed by atoms with E-state index in [4.69, 9.17) is 16.3 Å². The van der Waals surface area contributed by atoms with E-state index in [0.29, 0.717) is 10.7 Å². The molecule has 4 nitrogen and oxygen atoms in total. The quantitative estimate of drug-likeness (QED) is 0.686. The topological polar surface area (TPSA) is 46.6 Å². The van der Waals surface area contributed by atoms with Crippen molar-refractivity contribution < 1.29 is 14.3 Å². The Morgan fingerprint density at radius 1 is 1.40 bits per heavy atom. The summed E-state index contributed by atoms with van der Waals surface area (Å²) in [5.41, 5.74) is 2.24. The van der Waals surface area contributed by atoms with E-state index < -0.39 is 12.0 Å². The predicted molar refractivity (Wildman–Crippen MR) is 83.7 cm³/mol. The fourth-order valence-corrected chi connectivity index (χ4v) is 2.37. The molecule has 20 heavy (non-hydrogen) atoms. The number of methoxy groups -OCH3 is 1. The monoisotopic (exact) mass is 315 g/mol. The van der Waals surface area contributed by atoms with Crippen molar-refractivity contribution >= 4 is 41.8 Å². The van der Waals surface area contributed by atoms with Gasteiger partial charge in [-0.15, -0.1) is 0 Å². The molecule has 0 aliphatic heterocycles. The van der Waals surface area contributed by atoms with Gasteiger partial charge in [0.1, 0.15) is 6.04 Å². The molecule has 0 fully saturated rings. The van der Waals surface area contributed by atoms with Crippen molar-refractivity contribution in [1.29, 1.82) is 0 Å². The number of hydrogen-bond donors (Lipinski definition) is 1. The lowest BCUT2D eigenvalue weighted by Crippen LogP contribution is -2.45. The minimum atomic E-state index is -0.740. The van der Waals surface area contributed by atoms with Crippen molar-refractivity contribution in [2.75, 3.05) is 17.8 Å². The Hall–Kier alpha value is -1.20. The highest BCUT2D eigenvalue weighted by molar-refractivity contribution is 7.81. The second-order valence-electron chi connectivity index (χ2n) is 4.46. The molecule has 110 valence electrons. The van der Waals surface area contributed by atoms with Crippen LogP contribution in [0.1, 0.15) is 18.1 Å². The van der Waals surface area contributed by atoms with Crippen molar-refractivity contribution in [1.82, 2.24) is 0 Å². The Balaban J connectivity index is 3.43. The average molecular weight is 316 g/mol. The number of rotatable bonds is 4. The zero-order valence-corrected chi connectivity index (χ0v) is 13.6. The first kappa shape index (κ1) is 16.9. The van der Waals surface area contributed by atoms with Crippen LogP contribution in [0.4, 0.5) is 5.69 Å². The third-order valence-corrected chi connectivity index (χ3v) is 3.82. The second-order valence-corrected chi connectivity index (χ2v) is 5.18. The van der Waals surface area contributed by atoms with Crippen LogP contribution in [-0.4, -0.2) is 30.8 Å². The number of halogens is 1. The van der Waals surface area contributed by atoms with Crippen molar-refractivity contribution in [2.24, 2.45) is 0 Å². The summed E-state index contributed by atoms with van der Waals surface area (Å²) in [7, 11) is 1.29. The van der Waals surface area contributed by atoms with Crippen molar-refractivity contribution in [3.63, 3.8) is 0 Å². The summed E-state index contributed by atoms with van der Waals surface area (Å²) in [6, 6.07) is 2.84. The van der Waals surface area contributed by atoms with Gasteiger partial charge < -0.3 is 4.74 Å². The Kier molecular flexibility index (Phi) is 5.89. The van der Waals surface area contributed by atoms with Crippen LogP contribution in [0.25, 0.3) is 0 Å². The maximum atomic E-state index is 12.2. The number of carbonyl (C=O) groups excluding carboxylic acids is 2. The number of ether oxygens (including phenoxy) is 1. The zero-order chi connectivity index (χ0) is 15.4. The number of benzene rings is 1. The lowest BCUT2D eigenvalue weighted by Gasteiger charge is -2.30. The molecule has 0 aliphatic rings. The van der Waals surface area contributed by atoms with Gasteiger partial charge in [0, 0.05) is 5.02 Å². The molecule has 0 heterocycles. The molecule has 1 aromatic carbocycles. The molecule has 0 aromatic heterocycles. The number of hydrogen-bond acceptors (Lipinski definition) is 4. The minimum Gasteiger partial charge on any atom is -0.467 e. The summed E-state index contributed by atoms with van der Waals surface area (Å²) in [4.78, 5) is 25.4. The van der Waals surface area contributed by atoms with Crippen LogP contribution >= 0.6 is 24.2 Å². The van der Waals surface area contributed by atoms with Gasteiger partial charge in [-0.1, -0.05) is 17.7 Å². The van der Waals surface area contributed by atoms with E-state index in [1.165, 1.54) is 12.0 Å². The number of aryl methyl sites for hydroxylation is 1. The Morgan fingerprint density at radius 2 is 2.00 bits per heavy atom. The summed E-state index contributed by atoms with van der Waals surface area (Å²) < 4.78 is 4.73. The number of thiol groups is 1. The van der Waals surface area contributed by atoms with Crippen molar-refractivity contribution in [2.45, 2.75) is 26.8 Å². The Bertz CT molecular complexity index is 533. The lowest BCUT2D eigenvalue weighted by molar-refractivity contribution is -0.142. The standard InChI is InChI=1S/C14H18ClNO3S/c1-8-5-6-11(15)9(2)13(8)16(12(17)7-20)10(3)14(18)19-4/h5-6,10,20H,7H2,1-4H3. The van der Waals surface area contributed by atoms with Crippen LogP contribution in [0.2, 0.25) is 5.02 Å². The molecule has 0 spiro atoms. The zero-order valence-electron chi connectivity index (χ0n) is 11.9. The van der Waals surface area contributed by atoms with E-state index in [1.54, 1.807) is 13.0 Å². The number of esters is 1. The normalized spacial score (nSPS) is 11.9. The highest BCUT2D eigenvalue weighted by atomic mass is 35.5. The van der Waals surface area contributed by atoms with Gasteiger partial charge in [-0.3, -0.25) is 9.69 Å². The summed E-state index contributed by atoms with van der Waals surface area (Å²) in [6.45, 7) is 5.29. The van der Waals surface area contributed by atoms with Gasteiger partial charge in [-0.05, 0) is 38.0 Å². The molecule has 1 unspecified atom stereocenters. The molecule has 1 amide bonds. The molecule has 0 aliphatic carbocycles. The van der Waals surface area contributed by atoms with Gasteiger partial charge in [-0.25, -0.2) is 4.79 Å². The molecule has 1 rings (SSSR count). The first-order valence-electron chi connectivity index (χ1n) is 6.11. The van der Waals surface area contributed by atoms with Gasteiger partial charge in [0.05, 0.1) is 18.6 Å².